The van der Waals surface area contributed by atoms with Crippen LogP contribution in [-0.4, -0.2) is 16.1 Å². The quantitative estimate of drug-likeness (QED) is 0.768. The van der Waals surface area contributed by atoms with Crippen LogP contribution in [0.25, 0.3) is 0 Å². The molecule has 6 heteroatoms. The Bertz CT molecular complexity index is 326. The van der Waals surface area contributed by atoms with Crippen LogP contribution >= 0.6 is 0 Å². The Morgan fingerprint density at radius 1 is 1.54 bits per heavy atom. The second-order valence-corrected chi connectivity index (χ2v) is 2.54. The summed E-state index contributed by atoms with van der Waals surface area (Å²) < 4.78 is 29.9. The maximum atomic E-state index is 12.7. The molecule has 0 unspecified atom stereocenters. The molecule has 0 saturated heterocycles. The van der Waals surface area contributed by atoms with E-state index in [0.717, 1.165) is 0 Å². The van der Waals surface area contributed by atoms with Gasteiger partial charge >= 0.3 is 11.9 Å². The third-order valence-corrected chi connectivity index (χ3v) is 1.57. The maximum absolute atomic E-state index is 12.7. The van der Waals surface area contributed by atoms with E-state index < -0.39 is 17.8 Å². The first-order chi connectivity index (χ1) is 5.85. The average molecular weight is 191 g/mol. The Hall–Kier alpha value is -1.46. The predicted molar refractivity (Wildman–Crippen MR) is 37.5 cm³/mol. The molecule has 0 aromatic carbocycles. The summed E-state index contributed by atoms with van der Waals surface area (Å²) in [7, 11) is 0. The van der Waals surface area contributed by atoms with E-state index in [2.05, 4.69) is 9.40 Å². The van der Waals surface area contributed by atoms with Crippen molar-refractivity contribution in [2.75, 3.05) is 0 Å². The number of alkyl halides is 2. The maximum Gasteiger partial charge on any atom is 0.416 e. The molecule has 0 spiro atoms. The number of nitrogens with zero attached hydrogens (tertiary/aromatic N) is 1. The smallest absolute Gasteiger partial charge is 0.416 e. The molecule has 0 bridgehead atoms. The summed E-state index contributed by atoms with van der Waals surface area (Å²) in [6, 6.07) is 0. The van der Waals surface area contributed by atoms with Crippen molar-refractivity contribution >= 4 is 5.97 Å². The number of aromatic nitrogens is 1. The topological polar surface area (TPSA) is 63.3 Å². The summed E-state index contributed by atoms with van der Waals surface area (Å²) in [4.78, 5) is 13.4. The molecule has 1 N–H and O–H groups in total. The van der Waals surface area contributed by atoms with Gasteiger partial charge in [0.15, 0.2) is 0 Å². The van der Waals surface area contributed by atoms with Gasteiger partial charge in [-0.1, -0.05) is 0 Å². The van der Waals surface area contributed by atoms with Crippen molar-refractivity contribution in [3.05, 3.63) is 17.3 Å². The van der Waals surface area contributed by atoms with Crippen LogP contribution in [0.3, 0.4) is 0 Å². The Morgan fingerprint density at radius 3 is 2.38 bits per heavy atom. The molecule has 0 aliphatic heterocycles. The van der Waals surface area contributed by atoms with Gasteiger partial charge in [-0.15, -0.1) is 0 Å². The molecule has 0 radical (unpaired) electrons. The van der Waals surface area contributed by atoms with Crippen LogP contribution < -0.4 is 0 Å². The number of rotatable bonds is 2. The highest BCUT2D eigenvalue weighted by atomic mass is 19.3. The predicted octanol–water partition coefficient (Wildman–Crippen LogP) is 1.47. The van der Waals surface area contributed by atoms with Crippen LogP contribution in [0.2, 0.25) is 0 Å². The zero-order valence-electron chi connectivity index (χ0n) is 6.97. The van der Waals surface area contributed by atoms with Gasteiger partial charge in [-0.05, 0) is 13.8 Å². The Labute approximate surface area is 72.2 Å². The summed E-state index contributed by atoms with van der Waals surface area (Å²) >= 11 is 0. The van der Waals surface area contributed by atoms with Crippen molar-refractivity contribution in [3.8, 4) is 0 Å². The number of carbonyl (C=O) groups is 1. The molecule has 0 fully saturated rings. The molecule has 0 aliphatic rings. The number of carboxylic acids is 1. The summed E-state index contributed by atoms with van der Waals surface area (Å²) in [5, 5.41) is 8.14. The minimum atomic E-state index is -4.06. The second-order valence-electron chi connectivity index (χ2n) is 2.54. The molecule has 0 atom stereocenters. The van der Waals surface area contributed by atoms with Crippen LogP contribution in [0.1, 0.15) is 17.3 Å². The van der Waals surface area contributed by atoms with E-state index in [9.17, 15) is 13.6 Å². The molecule has 1 aromatic heterocycles. The van der Waals surface area contributed by atoms with E-state index in [4.69, 9.17) is 5.11 Å². The fourth-order valence-corrected chi connectivity index (χ4v) is 0.699. The standard InChI is InChI=1S/C7H7F2NO3/c1-3-4(2)13-5(10-3)7(8,9)6(11)12/h1-2H3,(H,11,12). The van der Waals surface area contributed by atoms with E-state index in [1.54, 1.807) is 0 Å². The minimum Gasteiger partial charge on any atom is -0.476 e. The fraction of sp³-hybridized carbons (Fsp3) is 0.429. The number of hydrogen-bond donors (Lipinski definition) is 1. The Kier molecular flexibility index (Phi) is 2.07. The van der Waals surface area contributed by atoms with Crippen LogP contribution in [-0.2, 0) is 10.7 Å². The zero-order chi connectivity index (χ0) is 10.2. The lowest BCUT2D eigenvalue weighted by atomic mass is 10.3. The molecule has 1 rings (SSSR count). The van der Waals surface area contributed by atoms with Crippen molar-refractivity contribution in [2.45, 2.75) is 19.8 Å². The monoisotopic (exact) mass is 191 g/mol. The van der Waals surface area contributed by atoms with Gasteiger partial charge in [0.2, 0.25) is 0 Å². The first kappa shape index (κ1) is 9.63. The average Bonchev–Trinajstić information content (AvgIpc) is 2.32. The molecular formula is C7H7F2NO3. The molecule has 0 amide bonds. The Balaban J connectivity index is 3.15. The van der Waals surface area contributed by atoms with Gasteiger partial charge in [0.1, 0.15) is 5.76 Å². The van der Waals surface area contributed by atoms with Crippen molar-refractivity contribution in [1.82, 2.24) is 4.98 Å². The number of halogens is 2. The highest BCUT2D eigenvalue weighted by Gasteiger charge is 2.46. The molecule has 13 heavy (non-hydrogen) atoms. The zero-order valence-corrected chi connectivity index (χ0v) is 6.97. The van der Waals surface area contributed by atoms with Crippen LogP contribution in [0.15, 0.2) is 4.42 Å². The van der Waals surface area contributed by atoms with Crippen molar-refractivity contribution in [1.29, 1.82) is 0 Å². The number of aliphatic carboxylic acids is 1. The van der Waals surface area contributed by atoms with Gasteiger partial charge in [0.05, 0.1) is 5.69 Å². The number of carboxylic acid groups (broad SMARTS) is 1. The van der Waals surface area contributed by atoms with Gasteiger partial charge in [-0.25, -0.2) is 9.78 Å². The van der Waals surface area contributed by atoms with Gasteiger partial charge in [0.25, 0.3) is 5.89 Å². The normalized spacial score (nSPS) is 11.7. The summed E-state index contributed by atoms with van der Waals surface area (Å²) in [6.07, 6.45) is 0. The first-order valence-corrected chi connectivity index (χ1v) is 3.41. The van der Waals surface area contributed by atoms with Crippen LogP contribution in [0.5, 0.6) is 0 Å². The summed E-state index contributed by atoms with van der Waals surface area (Å²) in [6.45, 7) is 2.89. The van der Waals surface area contributed by atoms with E-state index in [1.165, 1.54) is 13.8 Å². The van der Waals surface area contributed by atoms with Gasteiger partial charge in [0, 0.05) is 0 Å². The molecule has 72 valence electrons. The fourth-order valence-electron chi connectivity index (χ4n) is 0.699. The van der Waals surface area contributed by atoms with Gasteiger partial charge < -0.3 is 9.52 Å². The van der Waals surface area contributed by atoms with Crippen LogP contribution in [0.4, 0.5) is 8.78 Å². The molecule has 1 aromatic rings. The SMILES string of the molecule is Cc1nc(C(F)(F)C(=O)O)oc1C. The molecule has 0 saturated carbocycles. The molecular weight excluding hydrogens is 184 g/mol. The highest BCUT2D eigenvalue weighted by molar-refractivity contribution is 5.75. The first-order valence-electron chi connectivity index (χ1n) is 3.41. The number of hydrogen-bond acceptors (Lipinski definition) is 3. The minimum absolute atomic E-state index is 0.191. The highest BCUT2D eigenvalue weighted by Crippen LogP contribution is 2.28. The molecule has 1 heterocycles. The van der Waals surface area contributed by atoms with Crippen molar-refractivity contribution in [2.24, 2.45) is 0 Å². The lowest BCUT2D eigenvalue weighted by Crippen LogP contribution is -2.25. The van der Waals surface area contributed by atoms with E-state index in [0.29, 0.717) is 0 Å². The number of aryl methyl sites for hydroxylation is 2. The second kappa shape index (κ2) is 2.79. The third-order valence-electron chi connectivity index (χ3n) is 1.57. The summed E-state index contributed by atoms with van der Waals surface area (Å²) in [5.74, 6) is -7.21. The molecule has 4 nitrogen and oxygen atoms in total. The van der Waals surface area contributed by atoms with Crippen molar-refractivity contribution < 1.29 is 23.1 Å². The Morgan fingerprint density at radius 2 is 2.08 bits per heavy atom. The van der Waals surface area contributed by atoms with E-state index in [1.807, 2.05) is 0 Å². The third kappa shape index (κ3) is 1.51. The van der Waals surface area contributed by atoms with E-state index in [-0.39, 0.29) is 11.5 Å². The lowest BCUT2D eigenvalue weighted by Gasteiger charge is -2.04. The lowest BCUT2D eigenvalue weighted by molar-refractivity contribution is -0.169. The summed E-state index contributed by atoms with van der Waals surface area (Å²) in [5.41, 5.74) is 0.260. The van der Waals surface area contributed by atoms with Crippen LogP contribution in [0, 0.1) is 13.8 Å². The van der Waals surface area contributed by atoms with Gasteiger partial charge in [-0.3, -0.25) is 0 Å². The number of oxazole rings is 1. The largest absolute Gasteiger partial charge is 0.476 e. The van der Waals surface area contributed by atoms with Crippen molar-refractivity contribution in [3.63, 3.8) is 0 Å². The molecule has 0 aliphatic carbocycles. The van der Waals surface area contributed by atoms with E-state index >= 15 is 0 Å². The van der Waals surface area contributed by atoms with Gasteiger partial charge in [-0.2, -0.15) is 8.78 Å².